The largest absolute Gasteiger partial charge is 0.390 e. The first-order chi connectivity index (χ1) is 9.68. The van der Waals surface area contributed by atoms with Gasteiger partial charge in [-0.25, -0.2) is 0 Å². The fraction of sp³-hybridized carbons (Fsp3) is 0.667. The summed E-state index contributed by atoms with van der Waals surface area (Å²) in [7, 11) is 0. The van der Waals surface area contributed by atoms with Gasteiger partial charge in [-0.3, -0.25) is 0 Å². The summed E-state index contributed by atoms with van der Waals surface area (Å²) in [4.78, 5) is 0. The fourth-order valence-electron chi connectivity index (χ4n) is 3.42. The normalized spacial score (nSPS) is 20.4. The minimum atomic E-state index is -0.401. The zero-order chi connectivity index (χ0) is 14.4. The molecule has 1 N–H and O–H groups in total. The van der Waals surface area contributed by atoms with Crippen LogP contribution in [-0.2, 0) is 11.2 Å². The van der Waals surface area contributed by atoms with E-state index in [1.807, 2.05) is 6.92 Å². The van der Waals surface area contributed by atoms with Crippen molar-refractivity contribution in [3.8, 4) is 0 Å². The van der Waals surface area contributed by atoms with Gasteiger partial charge in [-0.15, -0.1) is 0 Å². The number of ether oxygens (including phenoxy) is 1. The summed E-state index contributed by atoms with van der Waals surface area (Å²) >= 11 is 0. The van der Waals surface area contributed by atoms with Gasteiger partial charge in [0, 0.05) is 13.0 Å². The summed E-state index contributed by atoms with van der Waals surface area (Å²) < 4.78 is 6.07. The van der Waals surface area contributed by atoms with Crippen molar-refractivity contribution >= 4 is 0 Å². The highest BCUT2D eigenvalue weighted by molar-refractivity contribution is 5.26. The Labute approximate surface area is 123 Å². The molecule has 2 heteroatoms. The maximum absolute atomic E-state index is 10.8. The van der Waals surface area contributed by atoms with Crippen LogP contribution in [0.4, 0.5) is 0 Å². The molecule has 0 amide bonds. The number of aryl methyl sites for hydroxylation is 1. The molecule has 1 aliphatic carbocycles. The van der Waals surface area contributed by atoms with E-state index in [4.69, 9.17) is 4.74 Å². The van der Waals surface area contributed by atoms with Gasteiger partial charge in [0.1, 0.15) is 0 Å². The molecule has 0 radical (unpaired) electrons. The van der Waals surface area contributed by atoms with Crippen LogP contribution in [0.15, 0.2) is 24.3 Å². The Bertz CT molecular complexity index is 406. The second kappa shape index (κ2) is 7.24. The van der Waals surface area contributed by atoms with Gasteiger partial charge in [0.2, 0.25) is 0 Å². The Balaban J connectivity index is 2.14. The molecule has 0 heterocycles. The molecule has 1 fully saturated rings. The fourth-order valence-corrected chi connectivity index (χ4v) is 3.42. The average Bonchev–Trinajstić information content (AvgIpc) is 2.68. The van der Waals surface area contributed by atoms with E-state index in [2.05, 4.69) is 31.2 Å². The number of hydrogen-bond donors (Lipinski definition) is 1. The van der Waals surface area contributed by atoms with E-state index in [1.54, 1.807) is 0 Å². The Morgan fingerprint density at radius 3 is 2.40 bits per heavy atom. The molecule has 0 aromatic heterocycles. The molecule has 0 bridgehead atoms. The van der Waals surface area contributed by atoms with Crippen molar-refractivity contribution in [1.82, 2.24) is 0 Å². The molecular weight excluding hydrogens is 248 g/mol. The Morgan fingerprint density at radius 2 is 1.80 bits per heavy atom. The Kier molecular flexibility index (Phi) is 5.62. The van der Waals surface area contributed by atoms with E-state index < -0.39 is 6.10 Å². The third kappa shape index (κ3) is 3.62. The molecule has 2 nitrogen and oxygen atoms in total. The van der Waals surface area contributed by atoms with E-state index in [9.17, 15) is 5.11 Å². The van der Waals surface area contributed by atoms with Crippen molar-refractivity contribution in [3.63, 3.8) is 0 Å². The van der Waals surface area contributed by atoms with E-state index in [1.165, 1.54) is 36.8 Å². The molecule has 1 aromatic carbocycles. The second-order valence-corrected chi connectivity index (χ2v) is 6.06. The lowest BCUT2D eigenvalue weighted by atomic mass is 9.84. The van der Waals surface area contributed by atoms with Gasteiger partial charge in [-0.2, -0.15) is 0 Å². The molecular formula is C18H28O2. The van der Waals surface area contributed by atoms with Crippen LogP contribution in [0.25, 0.3) is 0 Å². The minimum Gasteiger partial charge on any atom is -0.390 e. The SMILES string of the molecule is CCOC1(C(O)Cc2ccccc2C)CCCCCC1. The maximum Gasteiger partial charge on any atom is 0.0943 e. The highest BCUT2D eigenvalue weighted by Gasteiger charge is 2.38. The molecule has 1 atom stereocenters. The predicted octanol–water partition coefficient (Wildman–Crippen LogP) is 4.03. The van der Waals surface area contributed by atoms with E-state index in [0.29, 0.717) is 13.0 Å². The number of benzene rings is 1. The van der Waals surface area contributed by atoms with E-state index >= 15 is 0 Å². The highest BCUT2D eigenvalue weighted by Crippen LogP contribution is 2.35. The van der Waals surface area contributed by atoms with Crippen molar-refractivity contribution < 1.29 is 9.84 Å². The summed E-state index contributed by atoms with van der Waals surface area (Å²) in [6.07, 6.45) is 7.17. The van der Waals surface area contributed by atoms with Crippen LogP contribution in [0.5, 0.6) is 0 Å². The van der Waals surface area contributed by atoms with Crippen molar-refractivity contribution in [3.05, 3.63) is 35.4 Å². The second-order valence-electron chi connectivity index (χ2n) is 6.06. The van der Waals surface area contributed by atoms with Crippen LogP contribution in [0, 0.1) is 6.92 Å². The van der Waals surface area contributed by atoms with Gasteiger partial charge in [-0.05, 0) is 37.8 Å². The Hall–Kier alpha value is -0.860. The first-order valence-electron chi connectivity index (χ1n) is 8.04. The first-order valence-corrected chi connectivity index (χ1v) is 8.04. The van der Waals surface area contributed by atoms with Crippen molar-refractivity contribution in [2.45, 2.75) is 70.5 Å². The standard InChI is InChI=1S/C18H28O2/c1-3-20-18(12-8-4-5-9-13-18)17(19)14-16-11-7-6-10-15(16)2/h6-7,10-11,17,19H,3-5,8-9,12-14H2,1-2H3. The molecule has 20 heavy (non-hydrogen) atoms. The predicted molar refractivity (Wildman–Crippen MR) is 82.9 cm³/mol. The molecule has 1 saturated carbocycles. The number of hydrogen-bond acceptors (Lipinski definition) is 2. The van der Waals surface area contributed by atoms with Gasteiger partial charge in [0.25, 0.3) is 0 Å². The maximum atomic E-state index is 10.8. The first kappa shape index (κ1) is 15.5. The monoisotopic (exact) mass is 276 g/mol. The summed E-state index contributed by atoms with van der Waals surface area (Å²) in [6, 6.07) is 8.34. The van der Waals surface area contributed by atoms with Crippen LogP contribution in [-0.4, -0.2) is 23.4 Å². The van der Waals surface area contributed by atoms with Crippen LogP contribution >= 0.6 is 0 Å². The van der Waals surface area contributed by atoms with Crippen LogP contribution in [0.2, 0.25) is 0 Å². The third-order valence-corrected chi connectivity index (χ3v) is 4.66. The van der Waals surface area contributed by atoms with Gasteiger partial charge in [0.05, 0.1) is 11.7 Å². The molecule has 0 saturated heterocycles. The summed E-state index contributed by atoms with van der Waals surface area (Å²) in [5.41, 5.74) is 2.17. The van der Waals surface area contributed by atoms with Crippen molar-refractivity contribution in [2.75, 3.05) is 6.61 Å². The molecule has 112 valence electrons. The van der Waals surface area contributed by atoms with E-state index in [-0.39, 0.29) is 5.60 Å². The lowest BCUT2D eigenvalue weighted by Gasteiger charge is -2.37. The van der Waals surface area contributed by atoms with Crippen LogP contribution < -0.4 is 0 Å². The van der Waals surface area contributed by atoms with Gasteiger partial charge >= 0.3 is 0 Å². The van der Waals surface area contributed by atoms with Gasteiger partial charge in [0.15, 0.2) is 0 Å². The average molecular weight is 276 g/mol. The molecule has 1 aliphatic rings. The summed E-state index contributed by atoms with van der Waals surface area (Å²) in [6.45, 7) is 4.83. The van der Waals surface area contributed by atoms with Crippen LogP contribution in [0.1, 0.15) is 56.6 Å². The molecule has 1 aromatic rings. The third-order valence-electron chi connectivity index (χ3n) is 4.66. The van der Waals surface area contributed by atoms with E-state index in [0.717, 1.165) is 12.8 Å². The van der Waals surface area contributed by atoms with Crippen LogP contribution in [0.3, 0.4) is 0 Å². The van der Waals surface area contributed by atoms with Gasteiger partial charge in [-0.1, -0.05) is 49.9 Å². The lowest BCUT2D eigenvalue weighted by molar-refractivity contribution is -0.128. The zero-order valence-electron chi connectivity index (χ0n) is 12.9. The smallest absolute Gasteiger partial charge is 0.0943 e. The van der Waals surface area contributed by atoms with Crippen molar-refractivity contribution in [1.29, 1.82) is 0 Å². The number of rotatable bonds is 5. The topological polar surface area (TPSA) is 29.5 Å². The Morgan fingerprint density at radius 1 is 1.15 bits per heavy atom. The highest BCUT2D eigenvalue weighted by atomic mass is 16.5. The molecule has 0 spiro atoms. The zero-order valence-corrected chi connectivity index (χ0v) is 12.9. The van der Waals surface area contributed by atoms with Crippen molar-refractivity contribution in [2.24, 2.45) is 0 Å². The number of aliphatic hydroxyl groups excluding tert-OH is 1. The quantitative estimate of drug-likeness (QED) is 0.823. The summed E-state index contributed by atoms with van der Waals surface area (Å²) in [5, 5.41) is 10.8. The number of aliphatic hydroxyl groups is 1. The molecule has 0 aliphatic heterocycles. The lowest BCUT2D eigenvalue weighted by Crippen LogP contribution is -2.46. The molecule has 2 rings (SSSR count). The van der Waals surface area contributed by atoms with Gasteiger partial charge < -0.3 is 9.84 Å². The minimum absolute atomic E-state index is 0.326. The molecule has 1 unspecified atom stereocenters. The summed E-state index contributed by atoms with van der Waals surface area (Å²) in [5.74, 6) is 0.